The molecule has 0 bridgehead atoms. The quantitative estimate of drug-likeness (QED) is 0.341. The summed E-state index contributed by atoms with van der Waals surface area (Å²) in [5, 5.41) is 0.225. The molecule has 4 unspecified atom stereocenters. The summed E-state index contributed by atoms with van der Waals surface area (Å²) >= 11 is 0. The van der Waals surface area contributed by atoms with Gasteiger partial charge in [-0.25, -0.2) is 0 Å². The lowest BCUT2D eigenvalue weighted by atomic mass is 9.53. The highest BCUT2D eigenvalue weighted by molar-refractivity contribution is 6.74. The Morgan fingerprint density at radius 3 is 2.53 bits per heavy atom. The Balaban J connectivity index is 1.25. The van der Waals surface area contributed by atoms with Crippen LogP contribution in [0, 0.1) is 28.6 Å². The summed E-state index contributed by atoms with van der Waals surface area (Å²) in [6.07, 6.45) is 10.2. The van der Waals surface area contributed by atoms with E-state index in [1.165, 1.54) is 31.2 Å². The highest BCUT2D eigenvalue weighted by Gasteiger charge is 2.72. The second-order valence-corrected chi connectivity index (χ2v) is 19.6. The van der Waals surface area contributed by atoms with Crippen molar-refractivity contribution in [2.75, 3.05) is 6.61 Å². The first-order valence-corrected chi connectivity index (χ1v) is 18.4. The molecule has 0 aromatic heterocycles. The van der Waals surface area contributed by atoms with Crippen molar-refractivity contribution in [1.82, 2.24) is 0 Å². The van der Waals surface area contributed by atoms with E-state index >= 15 is 0 Å². The highest BCUT2D eigenvalue weighted by Crippen LogP contribution is 2.76. The number of ether oxygens (including phenoxy) is 2. The smallest absolute Gasteiger partial charge is 0.199 e. The van der Waals surface area contributed by atoms with Gasteiger partial charge in [-0.1, -0.05) is 40.7 Å². The maximum absolute atomic E-state index is 13.7. The molecule has 6 rings (SSSR count). The normalized spacial score (nSPS) is 36.1. The van der Waals surface area contributed by atoms with Crippen molar-refractivity contribution in [3.8, 4) is 5.75 Å². The predicted molar refractivity (Wildman–Crippen MR) is 154 cm³/mol. The van der Waals surface area contributed by atoms with Crippen molar-refractivity contribution in [3.05, 3.63) is 29.3 Å². The number of fused-ring (bicyclic) bond motifs is 6. The van der Waals surface area contributed by atoms with Crippen LogP contribution in [-0.2, 0) is 9.16 Å². The monoisotopic (exact) mass is 538 g/mol. The molecule has 6 atom stereocenters. The molecule has 1 aromatic carbocycles. The second-order valence-electron chi connectivity index (χ2n) is 15.0. The summed E-state index contributed by atoms with van der Waals surface area (Å²) < 4.78 is 19.3. The van der Waals surface area contributed by atoms with E-state index in [0.717, 1.165) is 43.6 Å². The van der Waals surface area contributed by atoms with Crippen molar-refractivity contribution in [1.29, 1.82) is 0 Å². The molecule has 210 valence electrons. The van der Waals surface area contributed by atoms with Gasteiger partial charge in [-0.15, -0.1) is 0 Å². The summed E-state index contributed by atoms with van der Waals surface area (Å²) in [6, 6.07) is 6.32. The average Bonchev–Trinajstić information content (AvgIpc) is 3.64. The van der Waals surface area contributed by atoms with Crippen molar-refractivity contribution in [2.24, 2.45) is 28.6 Å². The number of benzene rings is 1. The number of hydrogen-bond donors (Lipinski definition) is 0. The minimum absolute atomic E-state index is 0.178. The molecule has 0 radical (unpaired) electrons. The van der Waals surface area contributed by atoms with Crippen LogP contribution < -0.4 is 4.74 Å². The fourth-order valence-electron chi connectivity index (χ4n) is 9.00. The van der Waals surface area contributed by atoms with E-state index in [9.17, 15) is 4.79 Å². The van der Waals surface area contributed by atoms with Crippen LogP contribution >= 0.6 is 0 Å². The van der Waals surface area contributed by atoms with Gasteiger partial charge in [0.15, 0.2) is 20.4 Å². The molecule has 4 fully saturated rings. The second kappa shape index (κ2) is 9.17. The Hall–Kier alpha value is -1.17. The lowest BCUT2D eigenvalue weighted by molar-refractivity contribution is -0.105. The lowest BCUT2D eigenvalue weighted by Crippen LogP contribution is -2.49. The molecule has 0 N–H and O–H groups in total. The van der Waals surface area contributed by atoms with Gasteiger partial charge in [0.25, 0.3) is 0 Å². The van der Waals surface area contributed by atoms with Crippen molar-refractivity contribution < 1.29 is 18.7 Å². The molecular weight excluding hydrogens is 488 g/mol. The zero-order valence-electron chi connectivity index (χ0n) is 24.9. The summed E-state index contributed by atoms with van der Waals surface area (Å²) in [7, 11) is -1.94. The van der Waals surface area contributed by atoms with Crippen LogP contribution in [0.3, 0.4) is 0 Å². The van der Waals surface area contributed by atoms with E-state index in [2.05, 4.69) is 59.8 Å². The van der Waals surface area contributed by atoms with Crippen molar-refractivity contribution in [3.63, 3.8) is 0 Å². The zero-order valence-corrected chi connectivity index (χ0v) is 25.9. The lowest BCUT2D eigenvalue weighted by Gasteiger charge is -2.51. The number of carbonyl (C=O) groups is 1. The van der Waals surface area contributed by atoms with Gasteiger partial charge in [0.1, 0.15) is 5.75 Å². The summed E-state index contributed by atoms with van der Waals surface area (Å²) in [5.41, 5.74) is 2.81. The van der Waals surface area contributed by atoms with Gasteiger partial charge >= 0.3 is 0 Å². The van der Waals surface area contributed by atoms with E-state index in [1.807, 2.05) is 6.07 Å². The molecule has 0 amide bonds. The van der Waals surface area contributed by atoms with Gasteiger partial charge in [0.05, 0.1) is 12.7 Å². The van der Waals surface area contributed by atoms with E-state index in [-0.39, 0.29) is 11.3 Å². The molecule has 1 aliphatic heterocycles. The molecule has 1 saturated heterocycles. The van der Waals surface area contributed by atoms with E-state index in [4.69, 9.17) is 13.9 Å². The standard InChI is InChI=1S/C33H50O4Si/c1-21(2)31(3,4)38(6,7)37-29-20-27-25-19-28(34)26-18-22(36-30-10-8-9-17-35-30)11-12-23(26)24(25)13-14-32(27,5)33(29)15-16-33/h11-12,18,21,24-25,27,29-30H,8-10,13-17,19-20H2,1-7H3/t24?,25?,27?,29-,30?,32+/m1/s1. The molecule has 38 heavy (non-hydrogen) atoms. The van der Waals surface area contributed by atoms with Crippen molar-refractivity contribution >= 4 is 14.1 Å². The predicted octanol–water partition coefficient (Wildman–Crippen LogP) is 8.50. The van der Waals surface area contributed by atoms with Crippen molar-refractivity contribution in [2.45, 2.75) is 129 Å². The van der Waals surface area contributed by atoms with Crippen LogP contribution in [0.4, 0.5) is 0 Å². The minimum atomic E-state index is -1.94. The summed E-state index contributed by atoms with van der Waals surface area (Å²) in [6.45, 7) is 17.8. The number of ketones is 1. The first-order chi connectivity index (χ1) is 17.9. The highest BCUT2D eigenvalue weighted by atomic mass is 28.4. The van der Waals surface area contributed by atoms with Crippen LogP contribution in [-0.4, -0.2) is 33.1 Å². The Morgan fingerprint density at radius 2 is 1.87 bits per heavy atom. The number of carbonyl (C=O) groups excluding carboxylic acids is 1. The number of rotatable bonds is 6. The van der Waals surface area contributed by atoms with Gasteiger partial charge in [-0.05, 0) is 110 Å². The summed E-state index contributed by atoms with van der Waals surface area (Å²) in [5.74, 6) is 3.20. The fourth-order valence-corrected chi connectivity index (χ4v) is 11.7. The van der Waals surface area contributed by atoms with Crippen LogP contribution in [0.2, 0.25) is 18.1 Å². The molecule has 1 heterocycles. The maximum Gasteiger partial charge on any atom is 0.199 e. The Bertz CT molecular complexity index is 1080. The third kappa shape index (κ3) is 4.00. The molecular formula is C33H50O4Si. The molecule has 1 spiro atoms. The molecule has 4 aliphatic carbocycles. The SMILES string of the molecule is CC(C)C(C)(C)[Si](C)(C)O[C@@H]1CC2C3CC(=O)c4cc(OC5CCCCO5)ccc4C3CC[C@]2(C)C12CC2. The average molecular weight is 539 g/mol. The Kier molecular flexibility index (Phi) is 6.52. The van der Waals surface area contributed by atoms with Crippen LogP contribution in [0.25, 0.3) is 0 Å². The van der Waals surface area contributed by atoms with Crippen LogP contribution in [0.5, 0.6) is 5.75 Å². The van der Waals surface area contributed by atoms with Gasteiger partial charge < -0.3 is 13.9 Å². The van der Waals surface area contributed by atoms with Crippen LogP contribution in [0.1, 0.15) is 114 Å². The first kappa shape index (κ1) is 27.0. The molecule has 1 aromatic rings. The third-order valence-electron chi connectivity index (χ3n) is 12.8. The van der Waals surface area contributed by atoms with Gasteiger partial charge in [0.2, 0.25) is 0 Å². The fraction of sp³-hybridized carbons (Fsp3) is 0.788. The summed E-state index contributed by atoms with van der Waals surface area (Å²) in [4.78, 5) is 13.7. The van der Waals surface area contributed by atoms with E-state index in [0.29, 0.717) is 52.8 Å². The van der Waals surface area contributed by atoms with E-state index in [1.54, 1.807) is 0 Å². The van der Waals surface area contributed by atoms with Gasteiger partial charge in [-0.3, -0.25) is 4.79 Å². The maximum atomic E-state index is 13.7. The largest absolute Gasteiger partial charge is 0.465 e. The first-order valence-electron chi connectivity index (χ1n) is 15.5. The molecule has 5 aliphatic rings. The Labute approximate surface area is 231 Å². The Morgan fingerprint density at radius 1 is 1.11 bits per heavy atom. The topological polar surface area (TPSA) is 44.8 Å². The third-order valence-corrected chi connectivity index (χ3v) is 17.4. The van der Waals surface area contributed by atoms with E-state index < -0.39 is 8.32 Å². The molecule has 4 nitrogen and oxygen atoms in total. The number of Topliss-reactive ketones (excluding diaryl/α,β-unsaturated/α-hetero) is 1. The molecule has 5 heteroatoms. The van der Waals surface area contributed by atoms with Gasteiger partial charge in [0, 0.05) is 23.8 Å². The van der Waals surface area contributed by atoms with Gasteiger partial charge in [-0.2, -0.15) is 0 Å². The zero-order chi connectivity index (χ0) is 27.1. The molecule has 3 saturated carbocycles. The number of hydrogen-bond acceptors (Lipinski definition) is 4. The minimum Gasteiger partial charge on any atom is -0.465 e. The van der Waals surface area contributed by atoms with Crippen LogP contribution in [0.15, 0.2) is 18.2 Å².